The third-order valence-corrected chi connectivity index (χ3v) is 5.01. The first-order valence-corrected chi connectivity index (χ1v) is 8.40. The Morgan fingerprint density at radius 3 is 2.50 bits per heavy atom. The van der Waals surface area contributed by atoms with Crippen molar-refractivity contribution >= 4 is 29.4 Å². The van der Waals surface area contributed by atoms with Gasteiger partial charge in [-0.25, -0.2) is 0 Å². The van der Waals surface area contributed by atoms with Crippen molar-refractivity contribution < 1.29 is 19.5 Å². The van der Waals surface area contributed by atoms with Gasteiger partial charge >= 0.3 is 5.97 Å². The van der Waals surface area contributed by atoms with Crippen LogP contribution >= 0.6 is 11.6 Å². The predicted molar refractivity (Wildman–Crippen MR) is 87.8 cm³/mol. The molecule has 1 aromatic rings. The Bertz CT molecular complexity index is 670. The minimum atomic E-state index is -0.917. The zero-order valence-electron chi connectivity index (χ0n) is 13.2. The van der Waals surface area contributed by atoms with Gasteiger partial charge < -0.3 is 14.9 Å². The SMILES string of the molecule is O=C(O)C1CC(=O)N(C2CCN(C(=O)c3cccc(Cl)c3)CC2)C1. The molecule has 0 radical (unpaired) electrons. The number of carboxylic acid groups (broad SMARTS) is 1. The molecule has 2 aliphatic heterocycles. The number of nitrogens with zero attached hydrogens (tertiary/aromatic N) is 2. The summed E-state index contributed by atoms with van der Waals surface area (Å²) < 4.78 is 0. The first kappa shape index (κ1) is 16.8. The zero-order valence-corrected chi connectivity index (χ0v) is 13.9. The lowest BCUT2D eigenvalue weighted by Gasteiger charge is -2.36. The predicted octanol–water partition coefficient (Wildman–Crippen LogP) is 1.88. The third-order valence-electron chi connectivity index (χ3n) is 4.77. The molecular formula is C17H19ClN2O4. The molecule has 128 valence electrons. The van der Waals surface area contributed by atoms with Crippen molar-refractivity contribution in [3.63, 3.8) is 0 Å². The highest BCUT2D eigenvalue weighted by molar-refractivity contribution is 6.30. The Kier molecular flexibility index (Phi) is 4.76. The van der Waals surface area contributed by atoms with Gasteiger partial charge in [0, 0.05) is 42.7 Å². The maximum absolute atomic E-state index is 12.5. The first-order chi connectivity index (χ1) is 11.5. The molecule has 1 unspecified atom stereocenters. The van der Waals surface area contributed by atoms with Crippen molar-refractivity contribution in [3.8, 4) is 0 Å². The van der Waals surface area contributed by atoms with Crippen molar-refractivity contribution in [1.29, 1.82) is 0 Å². The van der Waals surface area contributed by atoms with Crippen LogP contribution in [0.3, 0.4) is 0 Å². The summed E-state index contributed by atoms with van der Waals surface area (Å²) in [5, 5.41) is 9.59. The van der Waals surface area contributed by atoms with E-state index in [9.17, 15) is 14.4 Å². The van der Waals surface area contributed by atoms with Gasteiger partial charge in [0.25, 0.3) is 5.91 Å². The summed E-state index contributed by atoms with van der Waals surface area (Å²) in [4.78, 5) is 39.0. The van der Waals surface area contributed by atoms with Gasteiger partial charge in [-0.15, -0.1) is 0 Å². The van der Waals surface area contributed by atoms with Gasteiger partial charge in [0.05, 0.1) is 5.92 Å². The van der Waals surface area contributed by atoms with Crippen LogP contribution in [0.5, 0.6) is 0 Å². The van der Waals surface area contributed by atoms with E-state index < -0.39 is 11.9 Å². The fourth-order valence-corrected chi connectivity index (χ4v) is 3.62. The van der Waals surface area contributed by atoms with Crippen LogP contribution in [-0.2, 0) is 9.59 Å². The van der Waals surface area contributed by atoms with E-state index in [1.807, 2.05) is 0 Å². The molecule has 2 heterocycles. The van der Waals surface area contributed by atoms with Crippen LogP contribution in [0.2, 0.25) is 5.02 Å². The Labute approximate surface area is 145 Å². The largest absolute Gasteiger partial charge is 0.481 e. The normalized spacial score (nSPS) is 22.0. The summed E-state index contributed by atoms with van der Waals surface area (Å²) in [7, 11) is 0. The number of hydrogen-bond donors (Lipinski definition) is 1. The molecule has 0 aromatic heterocycles. The number of benzene rings is 1. The number of amides is 2. The lowest BCUT2D eigenvalue weighted by Crippen LogP contribution is -2.47. The zero-order chi connectivity index (χ0) is 17.3. The van der Waals surface area contributed by atoms with E-state index >= 15 is 0 Å². The highest BCUT2D eigenvalue weighted by Crippen LogP contribution is 2.26. The fourth-order valence-electron chi connectivity index (χ4n) is 3.43. The standard InChI is InChI=1S/C17H19ClN2O4/c18-13-3-1-2-11(8-13)16(22)19-6-4-14(5-7-19)20-10-12(17(23)24)9-15(20)21/h1-3,8,12,14H,4-7,9-10H2,(H,23,24). The minimum Gasteiger partial charge on any atom is -0.481 e. The highest BCUT2D eigenvalue weighted by atomic mass is 35.5. The van der Waals surface area contributed by atoms with Gasteiger partial charge in [-0.05, 0) is 31.0 Å². The summed E-state index contributed by atoms with van der Waals surface area (Å²) in [6, 6.07) is 6.88. The molecule has 2 fully saturated rings. The number of likely N-dealkylation sites (tertiary alicyclic amines) is 2. The number of hydrogen-bond acceptors (Lipinski definition) is 3. The second-order valence-corrected chi connectivity index (χ2v) is 6.76. The fraction of sp³-hybridized carbons (Fsp3) is 0.471. The highest BCUT2D eigenvalue weighted by Gasteiger charge is 2.39. The quantitative estimate of drug-likeness (QED) is 0.902. The molecule has 0 spiro atoms. The van der Waals surface area contributed by atoms with E-state index in [0.29, 0.717) is 36.5 Å². The van der Waals surface area contributed by atoms with Gasteiger partial charge in [0.15, 0.2) is 0 Å². The second kappa shape index (κ2) is 6.81. The molecule has 7 heteroatoms. The molecule has 0 saturated carbocycles. The number of piperidine rings is 1. The van der Waals surface area contributed by atoms with Crippen LogP contribution in [0.1, 0.15) is 29.6 Å². The van der Waals surface area contributed by atoms with Crippen LogP contribution in [0.15, 0.2) is 24.3 Å². The van der Waals surface area contributed by atoms with Crippen LogP contribution < -0.4 is 0 Å². The Hall–Kier alpha value is -2.08. The van der Waals surface area contributed by atoms with E-state index in [4.69, 9.17) is 16.7 Å². The molecule has 24 heavy (non-hydrogen) atoms. The summed E-state index contributed by atoms with van der Waals surface area (Å²) >= 11 is 5.93. The van der Waals surface area contributed by atoms with E-state index in [1.165, 1.54) is 0 Å². The number of halogens is 1. The van der Waals surface area contributed by atoms with Gasteiger partial charge in [-0.2, -0.15) is 0 Å². The van der Waals surface area contributed by atoms with E-state index in [2.05, 4.69) is 0 Å². The molecular weight excluding hydrogens is 332 g/mol. The van der Waals surface area contributed by atoms with Gasteiger partial charge in [0.1, 0.15) is 0 Å². The van der Waals surface area contributed by atoms with Crippen molar-refractivity contribution in [3.05, 3.63) is 34.9 Å². The molecule has 0 aliphatic carbocycles. The molecule has 2 saturated heterocycles. The van der Waals surface area contributed by atoms with E-state index in [1.54, 1.807) is 34.1 Å². The summed E-state index contributed by atoms with van der Waals surface area (Å²) in [6.07, 6.45) is 1.42. The van der Waals surface area contributed by atoms with E-state index in [0.717, 1.165) is 0 Å². The number of carbonyl (C=O) groups excluding carboxylic acids is 2. The number of rotatable bonds is 3. The molecule has 2 aliphatic rings. The van der Waals surface area contributed by atoms with Crippen molar-refractivity contribution in [2.75, 3.05) is 19.6 Å². The lowest BCUT2D eigenvalue weighted by atomic mass is 10.0. The minimum absolute atomic E-state index is 0.0188. The van der Waals surface area contributed by atoms with Crippen LogP contribution in [-0.4, -0.2) is 58.4 Å². The van der Waals surface area contributed by atoms with Crippen molar-refractivity contribution in [1.82, 2.24) is 9.80 Å². The lowest BCUT2D eigenvalue weighted by molar-refractivity contribution is -0.141. The van der Waals surface area contributed by atoms with Crippen LogP contribution in [0, 0.1) is 5.92 Å². The first-order valence-electron chi connectivity index (χ1n) is 8.03. The smallest absolute Gasteiger partial charge is 0.308 e. The number of carboxylic acids is 1. The van der Waals surface area contributed by atoms with Crippen LogP contribution in [0.4, 0.5) is 0 Å². The molecule has 6 nitrogen and oxygen atoms in total. The number of carbonyl (C=O) groups is 3. The second-order valence-electron chi connectivity index (χ2n) is 6.32. The monoisotopic (exact) mass is 350 g/mol. The van der Waals surface area contributed by atoms with Crippen LogP contribution in [0.25, 0.3) is 0 Å². The Morgan fingerprint density at radius 2 is 1.92 bits per heavy atom. The van der Waals surface area contributed by atoms with E-state index in [-0.39, 0.29) is 30.8 Å². The molecule has 0 bridgehead atoms. The number of aliphatic carboxylic acids is 1. The average Bonchev–Trinajstić information content (AvgIpc) is 2.96. The Balaban J connectivity index is 1.59. The molecule has 1 atom stereocenters. The maximum Gasteiger partial charge on any atom is 0.308 e. The Morgan fingerprint density at radius 1 is 1.21 bits per heavy atom. The topological polar surface area (TPSA) is 77.9 Å². The average molecular weight is 351 g/mol. The third kappa shape index (κ3) is 3.38. The maximum atomic E-state index is 12.5. The van der Waals surface area contributed by atoms with Crippen molar-refractivity contribution in [2.24, 2.45) is 5.92 Å². The molecule has 1 N–H and O–H groups in total. The van der Waals surface area contributed by atoms with Gasteiger partial charge in [-0.3, -0.25) is 14.4 Å². The summed E-state index contributed by atoms with van der Waals surface area (Å²) in [5.41, 5.74) is 0.559. The molecule has 2 amide bonds. The molecule has 1 aromatic carbocycles. The van der Waals surface area contributed by atoms with Gasteiger partial charge in [-0.1, -0.05) is 17.7 Å². The summed E-state index contributed by atoms with van der Waals surface area (Å²) in [5.74, 6) is -1.68. The summed E-state index contributed by atoms with van der Waals surface area (Å²) in [6.45, 7) is 1.39. The van der Waals surface area contributed by atoms with Crippen molar-refractivity contribution in [2.45, 2.75) is 25.3 Å². The van der Waals surface area contributed by atoms with Gasteiger partial charge in [0.2, 0.25) is 5.91 Å². The molecule has 3 rings (SSSR count).